The molecule has 0 aromatic rings. The van der Waals surface area contributed by atoms with Gasteiger partial charge in [0.05, 0.1) is 0 Å². The van der Waals surface area contributed by atoms with E-state index in [4.69, 9.17) is 21.3 Å². The van der Waals surface area contributed by atoms with Crippen LogP contribution in [-0.4, -0.2) is 48.8 Å². The van der Waals surface area contributed by atoms with Gasteiger partial charge in [0.2, 0.25) is 5.91 Å². The third-order valence-corrected chi connectivity index (χ3v) is 6.90. The molecule has 1 aliphatic heterocycles. The van der Waals surface area contributed by atoms with Crippen LogP contribution in [0, 0.1) is 0 Å². The number of carboxylic acid groups (broad SMARTS) is 1. The van der Waals surface area contributed by atoms with Crippen LogP contribution in [0.3, 0.4) is 0 Å². The number of nitrogens with two attached hydrogens (primary N) is 2. The molecule has 0 bridgehead atoms. The van der Waals surface area contributed by atoms with Crippen LogP contribution in [0.15, 0.2) is 0 Å². The van der Waals surface area contributed by atoms with Gasteiger partial charge in [-0.1, -0.05) is 124 Å². The Bertz CT molecular complexity index is 484. The number of amides is 1. The number of unbranched alkanes of at least 4 members (excludes halogenated alkanes) is 15. The maximum atomic E-state index is 10.5. The molecule has 0 saturated carbocycles. The summed E-state index contributed by atoms with van der Waals surface area (Å²) in [6.07, 6.45) is 27.4. The fourth-order valence-corrected chi connectivity index (χ4v) is 4.47. The molecule has 6 N–H and O–H groups in total. The molecule has 7 nitrogen and oxygen atoms in total. The summed E-state index contributed by atoms with van der Waals surface area (Å²) >= 11 is 0. The van der Waals surface area contributed by atoms with Crippen LogP contribution < -0.4 is 16.8 Å². The van der Waals surface area contributed by atoms with E-state index in [1.165, 1.54) is 103 Å². The number of primary amides is 1. The van der Waals surface area contributed by atoms with Gasteiger partial charge in [-0.3, -0.25) is 9.59 Å². The first-order valence-corrected chi connectivity index (χ1v) is 16.0. The number of carbonyl (C=O) groups excluding carboxylic acids is 1. The highest BCUT2D eigenvalue weighted by Crippen LogP contribution is 2.13. The van der Waals surface area contributed by atoms with Gasteiger partial charge in [-0.2, -0.15) is 0 Å². The number of likely N-dealkylation sites (N-methyl/N-ethyl adjacent to an activating group) is 1. The number of rotatable bonds is 22. The minimum atomic E-state index is -0.791. The fraction of sp³-hybridized carbons (Fsp3) is 0.935. The average molecular weight is 544 g/mol. The largest absolute Gasteiger partial charge is 0.480 e. The van der Waals surface area contributed by atoms with Gasteiger partial charge in [0.15, 0.2) is 0 Å². The number of nitrogens with one attached hydrogen (secondary N) is 1. The molecule has 2 unspecified atom stereocenters. The number of hydrogen-bond acceptors (Lipinski definition) is 5. The SMILES string of the molecule is CCCCCCCCCCCCCCCCCC.CCNC(CCCN)C(=O)O.NC(=O)C1CCCCO1. The van der Waals surface area contributed by atoms with Crippen LogP contribution in [0.2, 0.25) is 0 Å². The van der Waals surface area contributed by atoms with Crippen molar-refractivity contribution in [2.45, 2.75) is 168 Å². The maximum absolute atomic E-state index is 10.5. The van der Waals surface area contributed by atoms with E-state index in [0.29, 0.717) is 26.1 Å². The smallest absolute Gasteiger partial charge is 0.320 e. The molecule has 0 radical (unpaired) electrons. The number of aliphatic carboxylic acids is 1. The predicted octanol–water partition coefficient (Wildman–Crippen LogP) is 7.10. The molecule has 0 spiro atoms. The predicted molar refractivity (Wildman–Crippen MR) is 161 cm³/mol. The second-order valence-electron chi connectivity index (χ2n) is 10.6. The molecule has 1 fully saturated rings. The molecule has 0 aromatic carbocycles. The van der Waals surface area contributed by atoms with E-state index in [1.54, 1.807) is 0 Å². The summed E-state index contributed by atoms with van der Waals surface area (Å²) in [4.78, 5) is 20.9. The fourth-order valence-electron chi connectivity index (χ4n) is 4.47. The molecule has 0 aromatic heterocycles. The van der Waals surface area contributed by atoms with Crippen molar-refractivity contribution >= 4 is 11.9 Å². The van der Waals surface area contributed by atoms with E-state index in [1.807, 2.05) is 6.92 Å². The molecule has 1 aliphatic rings. The summed E-state index contributed by atoms with van der Waals surface area (Å²) in [5, 5.41) is 11.5. The lowest BCUT2D eigenvalue weighted by Gasteiger charge is -2.18. The molecule has 0 aliphatic carbocycles. The van der Waals surface area contributed by atoms with Gasteiger partial charge in [-0.15, -0.1) is 0 Å². The zero-order valence-corrected chi connectivity index (χ0v) is 25.5. The van der Waals surface area contributed by atoms with Gasteiger partial charge in [-0.25, -0.2) is 0 Å². The Kier molecular flexibility index (Phi) is 32.8. The van der Waals surface area contributed by atoms with Crippen molar-refractivity contribution in [3.05, 3.63) is 0 Å². The molecule has 38 heavy (non-hydrogen) atoms. The Morgan fingerprint density at radius 2 is 1.24 bits per heavy atom. The lowest BCUT2D eigenvalue weighted by atomic mass is 10.0. The Hall–Kier alpha value is -1.18. The topological polar surface area (TPSA) is 128 Å². The van der Waals surface area contributed by atoms with Crippen molar-refractivity contribution in [3.63, 3.8) is 0 Å². The highest BCUT2D eigenvalue weighted by Gasteiger charge is 2.18. The van der Waals surface area contributed by atoms with Crippen LogP contribution in [-0.2, 0) is 14.3 Å². The van der Waals surface area contributed by atoms with Gasteiger partial charge < -0.3 is 26.6 Å². The van der Waals surface area contributed by atoms with E-state index < -0.39 is 12.0 Å². The monoisotopic (exact) mass is 543 g/mol. The summed E-state index contributed by atoms with van der Waals surface area (Å²) in [5.41, 5.74) is 10.3. The summed E-state index contributed by atoms with van der Waals surface area (Å²) in [6, 6.07) is -0.427. The van der Waals surface area contributed by atoms with Crippen molar-refractivity contribution < 1.29 is 19.4 Å². The van der Waals surface area contributed by atoms with Gasteiger partial charge >= 0.3 is 5.97 Å². The first-order valence-electron chi connectivity index (χ1n) is 16.0. The lowest BCUT2D eigenvalue weighted by Crippen LogP contribution is -2.36. The first-order chi connectivity index (χ1) is 18.4. The van der Waals surface area contributed by atoms with Crippen LogP contribution in [0.25, 0.3) is 0 Å². The first kappa shape index (κ1) is 39.0. The second-order valence-corrected chi connectivity index (χ2v) is 10.6. The van der Waals surface area contributed by atoms with E-state index >= 15 is 0 Å². The molecule has 7 heteroatoms. The molecule has 1 amide bonds. The van der Waals surface area contributed by atoms with Gasteiger partial charge in [0.1, 0.15) is 12.1 Å². The molecular formula is C31H65N3O4. The van der Waals surface area contributed by atoms with E-state index in [-0.39, 0.29) is 12.0 Å². The summed E-state index contributed by atoms with van der Waals surface area (Å²) < 4.78 is 5.06. The standard InChI is InChI=1S/C18H38.C7H16N2O2.C6H11NO2/c1-3-5-7-9-11-13-15-17-18-16-14-12-10-8-6-4-2;1-2-9-6(7(10)11)4-3-5-8;7-6(8)5-3-1-2-4-9-5/h3-18H2,1-2H3;6,9H,2-5,8H2,1H3,(H,10,11);5H,1-4H2,(H2,7,8). The van der Waals surface area contributed by atoms with Crippen molar-refractivity contribution in [1.29, 1.82) is 0 Å². The number of carbonyl (C=O) groups is 2. The van der Waals surface area contributed by atoms with Crippen LogP contribution in [0.5, 0.6) is 0 Å². The van der Waals surface area contributed by atoms with Crippen LogP contribution in [0.1, 0.15) is 156 Å². The van der Waals surface area contributed by atoms with Crippen molar-refractivity contribution in [1.82, 2.24) is 5.32 Å². The third kappa shape index (κ3) is 29.4. The van der Waals surface area contributed by atoms with Crippen molar-refractivity contribution in [2.75, 3.05) is 19.7 Å². The van der Waals surface area contributed by atoms with E-state index in [0.717, 1.165) is 25.7 Å². The van der Waals surface area contributed by atoms with Crippen molar-refractivity contribution in [3.8, 4) is 0 Å². The van der Waals surface area contributed by atoms with Gasteiger partial charge in [-0.05, 0) is 45.2 Å². The Labute approximate surface area is 235 Å². The Morgan fingerprint density at radius 3 is 1.50 bits per heavy atom. The highest BCUT2D eigenvalue weighted by molar-refractivity contribution is 5.78. The molecule has 2 atom stereocenters. The lowest BCUT2D eigenvalue weighted by molar-refractivity contribution is -0.139. The highest BCUT2D eigenvalue weighted by atomic mass is 16.5. The molecule has 228 valence electrons. The van der Waals surface area contributed by atoms with E-state index in [9.17, 15) is 9.59 Å². The van der Waals surface area contributed by atoms with E-state index in [2.05, 4.69) is 19.2 Å². The Balaban J connectivity index is 0. The normalized spacial score (nSPS) is 15.5. The zero-order valence-electron chi connectivity index (χ0n) is 25.5. The average Bonchev–Trinajstić information content (AvgIpc) is 2.92. The second kappa shape index (κ2) is 32.0. The van der Waals surface area contributed by atoms with Gasteiger partial charge in [0, 0.05) is 6.61 Å². The summed E-state index contributed by atoms with van der Waals surface area (Å²) in [5.74, 6) is -1.12. The van der Waals surface area contributed by atoms with Gasteiger partial charge in [0.25, 0.3) is 0 Å². The minimum absolute atomic E-state index is 0.307. The molecule has 1 heterocycles. The summed E-state index contributed by atoms with van der Waals surface area (Å²) in [7, 11) is 0. The third-order valence-electron chi connectivity index (χ3n) is 6.90. The molecule has 1 rings (SSSR count). The maximum Gasteiger partial charge on any atom is 0.320 e. The zero-order chi connectivity index (χ0) is 28.7. The minimum Gasteiger partial charge on any atom is -0.480 e. The van der Waals surface area contributed by atoms with Crippen LogP contribution >= 0.6 is 0 Å². The molecular weight excluding hydrogens is 478 g/mol. The van der Waals surface area contributed by atoms with Crippen molar-refractivity contribution in [2.24, 2.45) is 11.5 Å². The Morgan fingerprint density at radius 1 is 0.789 bits per heavy atom. The molecule has 1 saturated heterocycles. The summed E-state index contributed by atoms with van der Waals surface area (Å²) in [6.45, 7) is 8.40. The number of carboxylic acids is 1. The quantitative estimate of drug-likeness (QED) is 0.108. The number of hydrogen-bond donors (Lipinski definition) is 4. The number of ether oxygens (including phenoxy) is 1. The van der Waals surface area contributed by atoms with Crippen LogP contribution in [0.4, 0.5) is 0 Å².